The number of aromatic amines is 2. The molecule has 2 aliphatic rings. The van der Waals surface area contributed by atoms with Crippen molar-refractivity contribution in [2.24, 2.45) is 4.99 Å². The Morgan fingerprint density at radius 1 is 1.12 bits per heavy atom. The number of hydrogen-bond acceptors (Lipinski definition) is 2. The Kier molecular flexibility index (Phi) is 4.59. The summed E-state index contributed by atoms with van der Waals surface area (Å²) in [6.07, 6.45) is 14.9. The highest BCUT2D eigenvalue weighted by Crippen LogP contribution is 2.27. The number of allylic oxidation sites excluding steroid dienone is 1. The van der Waals surface area contributed by atoms with E-state index in [0.717, 1.165) is 35.7 Å². The topological polar surface area (TPSA) is 53.2 Å². The summed E-state index contributed by atoms with van der Waals surface area (Å²) in [5, 5.41) is 0. The fourth-order valence-corrected chi connectivity index (χ4v) is 3.66. The van der Waals surface area contributed by atoms with Crippen molar-refractivity contribution in [2.45, 2.75) is 44.9 Å². The number of aryl methyl sites for hydroxylation is 2. The summed E-state index contributed by atoms with van der Waals surface area (Å²) < 4.78 is 5.56. The average Bonchev–Trinajstić information content (AvgIpc) is 3.35. The van der Waals surface area contributed by atoms with E-state index in [1.165, 1.54) is 49.1 Å². The first-order valence-electron chi connectivity index (χ1n) is 9.24. The van der Waals surface area contributed by atoms with Crippen LogP contribution in [0, 0.1) is 0 Å². The summed E-state index contributed by atoms with van der Waals surface area (Å²) in [5.41, 5.74) is 6.75. The largest absolute Gasteiger partial charge is 0.494 e. The van der Waals surface area contributed by atoms with Crippen molar-refractivity contribution in [3.05, 3.63) is 64.6 Å². The first-order valence-corrected chi connectivity index (χ1v) is 9.24. The van der Waals surface area contributed by atoms with Gasteiger partial charge in [-0.1, -0.05) is 19.3 Å². The first kappa shape index (κ1) is 16.0. The zero-order valence-electron chi connectivity index (χ0n) is 14.8. The Labute approximate surface area is 148 Å². The third kappa shape index (κ3) is 3.48. The Morgan fingerprint density at radius 3 is 2.76 bits per heavy atom. The molecule has 0 radical (unpaired) electrons. The molecule has 0 amide bonds. The van der Waals surface area contributed by atoms with Gasteiger partial charge in [0.25, 0.3) is 0 Å². The highest BCUT2D eigenvalue weighted by atomic mass is 16.5. The molecule has 2 bridgehead atoms. The van der Waals surface area contributed by atoms with E-state index < -0.39 is 0 Å². The predicted molar refractivity (Wildman–Crippen MR) is 102 cm³/mol. The van der Waals surface area contributed by atoms with Crippen LogP contribution in [0.4, 0.5) is 0 Å². The van der Waals surface area contributed by atoms with Gasteiger partial charge >= 0.3 is 0 Å². The first-order chi connectivity index (χ1) is 12.3. The average molecular weight is 335 g/mol. The minimum absolute atomic E-state index is 0.816. The van der Waals surface area contributed by atoms with E-state index in [4.69, 9.17) is 9.73 Å². The lowest BCUT2D eigenvalue weighted by atomic mass is 10.0. The number of H-pyrrole nitrogens is 2. The third-order valence-corrected chi connectivity index (χ3v) is 5.02. The molecule has 4 heteroatoms. The van der Waals surface area contributed by atoms with Crippen LogP contribution in [0.15, 0.2) is 46.9 Å². The van der Waals surface area contributed by atoms with Crippen LogP contribution < -0.4 is 0 Å². The molecule has 1 aliphatic carbocycles. The van der Waals surface area contributed by atoms with Gasteiger partial charge in [-0.05, 0) is 55.5 Å². The smallest absolute Gasteiger partial charge is 0.146 e. The number of rotatable bonds is 3. The molecule has 0 fully saturated rings. The molecule has 2 aromatic rings. The lowest BCUT2D eigenvalue weighted by molar-refractivity contribution is 0.303. The van der Waals surface area contributed by atoms with Crippen molar-refractivity contribution >= 4 is 11.8 Å². The summed E-state index contributed by atoms with van der Waals surface area (Å²) in [5.74, 6) is 0.816. The molecule has 2 N–H and O–H groups in total. The molecule has 3 heterocycles. The fourth-order valence-electron chi connectivity index (χ4n) is 3.66. The number of aromatic nitrogens is 2. The van der Waals surface area contributed by atoms with Crippen LogP contribution in [0.2, 0.25) is 0 Å². The van der Waals surface area contributed by atoms with Crippen LogP contribution in [0.5, 0.6) is 0 Å². The van der Waals surface area contributed by atoms with E-state index in [1.54, 1.807) is 7.11 Å². The molecular weight excluding hydrogens is 310 g/mol. The highest BCUT2D eigenvalue weighted by molar-refractivity contribution is 6.11. The summed E-state index contributed by atoms with van der Waals surface area (Å²) in [6.45, 7) is 0. The Morgan fingerprint density at radius 2 is 1.96 bits per heavy atom. The van der Waals surface area contributed by atoms with Crippen molar-refractivity contribution in [3.63, 3.8) is 0 Å². The third-order valence-electron chi connectivity index (χ3n) is 5.02. The molecule has 0 saturated carbocycles. The quantitative estimate of drug-likeness (QED) is 0.834. The summed E-state index contributed by atoms with van der Waals surface area (Å²) >= 11 is 0. The molecule has 0 unspecified atom stereocenters. The van der Waals surface area contributed by atoms with Gasteiger partial charge in [-0.2, -0.15) is 0 Å². The van der Waals surface area contributed by atoms with Gasteiger partial charge < -0.3 is 14.7 Å². The summed E-state index contributed by atoms with van der Waals surface area (Å²) in [7, 11) is 1.70. The molecule has 4 nitrogen and oxygen atoms in total. The minimum atomic E-state index is 0.816. The van der Waals surface area contributed by atoms with Gasteiger partial charge in [0.15, 0.2) is 0 Å². The Hall–Kier alpha value is -2.49. The van der Waals surface area contributed by atoms with E-state index in [-0.39, 0.29) is 0 Å². The number of nitrogens with one attached hydrogen (secondary N) is 2. The number of nitrogens with zero attached hydrogens (tertiary/aromatic N) is 1. The molecule has 2 aromatic heterocycles. The van der Waals surface area contributed by atoms with Crippen LogP contribution >= 0.6 is 0 Å². The minimum Gasteiger partial charge on any atom is -0.494 e. The van der Waals surface area contributed by atoms with Gasteiger partial charge in [0.1, 0.15) is 11.5 Å². The molecule has 0 spiro atoms. The van der Waals surface area contributed by atoms with E-state index in [0.29, 0.717) is 0 Å². The maximum atomic E-state index is 5.56. The van der Waals surface area contributed by atoms with Gasteiger partial charge in [0.05, 0.1) is 18.5 Å². The monoisotopic (exact) mass is 335 g/mol. The lowest BCUT2D eigenvalue weighted by Gasteiger charge is -2.04. The maximum Gasteiger partial charge on any atom is 0.146 e. The van der Waals surface area contributed by atoms with Gasteiger partial charge in [-0.3, -0.25) is 0 Å². The van der Waals surface area contributed by atoms with E-state index in [9.17, 15) is 0 Å². The van der Waals surface area contributed by atoms with Crippen molar-refractivity contribution in [1.82, 2.24) is 9.97 Å². The zero-order chi connectivity index (χ0) is 17.1. The predicted octanol–water partition coefficient (Wildman–Crippen LogP) is 4.77. The van der Waals surface area contributed by atoms with Crippen molar-refractivity contribution < 1.29 is 4.74 Å². The normalized spacial score (nSPS) is 19.6. The van der Waals surface area contributed by atoms with Crippen LogP contribution in [0.1, 0.15) is 54.7 Å². The molecule has 1 aliphatic heterocycles. The fraction of sp³-hybridized carbons (Fsp3) is 0.381. The maximum absolute atomic E-state index is 5.56. The van der Waals surface area contributed by atoms with Crippen LogP contribution in [-0.2, 0) is 17.6 Å². The van der Waals surface area contributed by atoms with Crippen LogP contribution in [0.3, 0.4) is 0 Å². The van der Waals surface area contributed by atoms with Gasteiger partial charge in [-0.25, -0.2) is 4.99 Å². The molecule has 0 atom stereocenters. The highest BCUT2D eigenvalue weighted by Gasteiger charge is 2.18. The standard InChI is InChI=1S/C21H25N3O/c1-25-21-14-19(17-10-7-11-22-17)24-20(21)13-18-15-8-5-3-2-4-6-9-16(12-15)23-18/h7,10-14,22-23H,2-6,8-9H2,1H3/b20-13+. The van der Waals surface area contributed by atoms with Crippen LogP contribution in [-0.4, -0.2) is 22.8 Å². The molecule has 130 valence electrons. The SMILES string of the molecule is COC1=CC(c2ccc[nH]2)=N/C1=C/c1[nH]c2cc1CCCCCCC2. The van der Waals surface area contributed by atoms with Crippen molar-refractivity contribution in [3.8, 4) is 0 Å². The van der Waals surface area contributed by atoms with E-state index in [2.05, 4.69) is 22.1 Å². The number of hydrogen-bond donors (Lipinski definition) is 2. The van der Waals surface area contributed by atoms with Crippen molar-refractivity contribution in [2.75, 3.05) is 7.11 Å². The number of aliphatic imine (C=N–C) groups is 1. The van der Waals surface area contributed by atoms with Gasteiger partial charge in [0, 0.05) is 23.7 Å². The van der Waals surface area contributed by atoms with Crippen LogP contribution in [0.25, 0.3) is 6.08 Å². The zero-order valence-corrected chi connectivity index (χ0v) is 14.8. The lowest BCUT2D eigenvalue weighted by Crippen LogP contribution is -1.93. The second-order valence-electron chi connectivity index (χ2n) is 6.82. The van der Waals surface area contributed by atoms with Gasteiger partial charge in [0.2, 0.25) is 0 Å². The summed E-state index contributed by atoms with van der Waals surface area (Å²) in [6, 6.07) is 6.36. The number of methoxy groups -OCH3 is 1. The Bertz CT molecular complexity index is 821. The molecule has 4 rings (SSSR count). The molecule has 25 heavy (non-hydrogen) atoms. The van der Waals surface area contributed by atoms with Gasteiger partial charge in [-0.15, -0.1) is 0 Å². The second-order valence-corrected chi connectivity index (χ2v) is 6.82. The van der Waals surface area contributed by atoms with E-state index in [1.807, 2.05) is 24.4 Å². The van der Waals surface area contributed by atoms with E-state index >= 15 is 0 Å². The molecular formula is C21H25N3O. The number of ether oxygens (including phenoxy) is 1. The second kappa shape index (κ2) is 7.18. The molecule has 0 aromatic carbocycles. The van der Waals surface area contributed by atoms with Crippen molar-refractivity contribution in [1.29, 1.82) is 0 Å². The Balaban J connectivity index is 1.67. The summed E-state index contributed by atoms with van der Waals surface area (Å²) in [4.78, 5) is 11.6. The number of fused-ring (bicyclic) bond motifs is 2. The molecule has 0 saturated heterocycles.